The Morgan fingerprint density at radius 3 is 1.45 bits per heavy atom. The predicted molar refractivity (Wildman–Crippen MR) is 174 cm³/mol. The lowest BCUT2D eigenvalue weighted by Gasteiger charge is -2.32. The maximum absolute atomic E-state index is 14.4. The second kappa shape index (κ2) is 12.7. The van der Waals surface area contributed by atoms with Crippen molar-refractivity contribution in [2.45, 2.75) is 23.3 Å². The second-order valence-electron chi connectivity index (χ2n) is 11.3. The first kappa shape index (κ1) is 35.5. The summed E-state index contributed by atoms with van der Waals surface area (Å²) in [5.41, 5.74) is 5.75. The van der Waals surface area contributed by atoms with Gasteiger partial charge < -0.3 is 4.18 Å². The van der Waals surface area contributed by atoms with Crippen LogP contribution in [0, 0.1) is 0 Å². The third-order valence-electron chi connectivity index (χ3n) is 8.01. The number of hydrogen-bond acceptors (Lipinski definition) is 4. The molecule has 0 atom stereocenters. The van der Waals surface area contributed by atoms with Crippen molar-refractivity contribution in [1.82, 2.24) is 4.98 Å². The van der Waals surface area contributed by atoms with Gasteiger partial charge in [-0.1, -0.05) is 109 Å². The fourth-order valence-electron chi connectivity index (χ4n) is 5.34. The number of pyridine rings is 1. The second-order valence-corrected chi connectivity index (χ2v) is 12.9. The molecule has 0 saturated heterocycles. The van der Waals surface area contributed by atoms with Crippen LogP contribution < -0.4 is 4.18 Å². The number of halogens is 9. The summed E-state index contributed by atoms with van der Waals surface area (Å²) in [7, 11) is -7.14. The quantitative estimate of drug-likeness (QED) is 0.110. The summed E-state index contributed by atoms with van der Waals surface area (Å²) in [6.45, 7) is 0. The lowest BCUT2D eigenvalue weighted by Crippen LogP contribution is -2.63. The van der Waals surface area contributed by atoms with Crippen LogP contribution in [0.3, 0.4) is 0 Å². The Bertz CT molecular complexity index is 2260. The van der Waals surface area contributed by atoms with Crippen LogP contribution in [0.1, 0.15) is 0 Å². The Hall–Kier alpha value is -5.37. The number of hydrogen-bond donors (Lipinski definition) is 0. The molecule has 0 aliphatic carbocycles. The molecule has 6 aromatic rings. The fourth-order valence-corrected chi connectivity index (χ4v) is 6.27. The van der Waals surface area contributed by atoms with Crippen molar-refractivity contribution >= 4 is 20.9 Å². The molecule has 14 heteroatoms. The molecular weight excluding hydrogens is 709 g/mol. The summed E-state index contributed by atoms with van der Waals surface area (Å²) >= 11 is 0. The molecule has 0 bridgehead atoms. The lowest BCUT2D eigenvalue weighted by atomic mass is 9.95. The van der Waals surface area contributed by atoms with Crippen LogP contribution in [0.4, 0.5) is 39.5 Å². The number of aromatic nitrogens is 1. The van der Waals surface area contributed by atoms with E-state index in [1.165, 1.54) is 30.3 Å². The third kappa shape index (κ3) is 6.28. The monoisotopic (exact) mass is 731 g/mol. The average molecular weight is 732 g/mol. The van der Waals surface area contributed by atoms with E-state index in [0.717, 1.165) is 39.7 Å². The first-order valence-electron chi connectivity index (χ1n) is 14.8. The highest BCUT2D eigenvalue weighted by atomic mass is 32.2. The van der Waals surface area contributed by atoms with Crippen molar-refractivity contribution in [1.29, 1.82) is 0 Å². The number of fused-ring (bicyclic) bond motifs is 1. The summed E-state index contributed by atoms with van der Waals surface area (Å²) in [4.78, 5) is 4.85. The van der Waals surface area contributed by atoms with Gasteiger partial charge in [0.05, 0.1) is 11.4 Å². The van der Waals surface area contributed by atoms with Gasteiger partial charge >= 0.3 is 33.4 Å². The van der Waals surface area contributed by atoms with E-state index in [0.29, 0.717) is 11.1 Å². The van der Waals surface area contributed by atoms with Gasteiger partial charge in [0.1, 0.15) is 0 Å². The molecular formula is C37H22F9NO3S. The van der Waals surface area contributed by atoms with Crippen molar-refractivity contribution in [3.05, 3.63) is 133 Å². The van der Waals surface area contributed by atoms with Crippen LogP contribution >= 0.6 is 0 Å². The normalized spacial score (nSPS) is 13.0. The Kier molecular flexibility index (Phi) is 8.86. The number of nitrogens with zero attached hydrogens (tertiary/aromatic N) is 1. The largest absolute Gasteiger partial charge is 0.460 e. The van der Waals surface area contributed by atoms with Crippen LogP contribution in [0.25, 0.3) is 55.5 Å². The van der Waals surface area contributed by atoms with Gasteiger partial charge in [0.2, 0.25) is 0 Å². The summed E-state index contributed by atoms with van der Waals surface area (Å²) in [6.07, 6.45) is -7.20. The van der Waals surface area contributed by atoms with Crippen LogP contribution in [-0.2, 0) is 10.1 Å². The molecule has 0 aliphatic rings. The average Bonchev–Trinajstić information content (AvgIpc) is 3.11. The SMILES string of the molecule is O=S(=O)(Oc1ccc(-c2ccc(-c3cc(-c4ccccc4)nc(-c4ccccc4)c3)cc2)c2ccccc12)C(F)(F)C(F)(F)C(F)(F)C(F)(F)F. The summed E-state index contributed by atoms with van der Waals surface area (Å²) < 4.78 is 150. The topological polar surface area (TPSA) is 56.3 Å². The van der Waals surface area contributed by atoms with Gasteiger partial charge in [0, 0.05) is 16.5 Å². The van der Waals surface area contributed by atoms with E-state index in [1.807, 2.05) is 72.8 Å². The molecule has 0 spiro atoms. The van der Waals surface area contributed by atoms with Gasteiger partial charge in [0.15, 0.2) is 5.75 Å². The van der Waals surface area contributed by atoms with Gasteiger partial charge in [-0.25, -0.2) is 4.98 Å². The number of benzene rings is 5. The molecule has 51 heavy (non-hydrogen) atoms. The van der Waals surface area contributed by atoms with Crippen LogP contribution in [0.5, 0.6) is 5.75 Å². The van der Waals surface area contributed by atoms with Crippen molar-refractivity contribution < 1.29 is 52.1 Å². The van der Waals surface area contributed by atoms with Gasteiger partial charge in [-0.3, -0.25) is 0 Å². The van der Waals surface area contributed by atoms with Gasteiger partial charge in [-0.15, -0.1) is 0 Å². The minimum absolute atomic E-state index is 0.162. The minimum Gasteiger partial charge on any atom is -0.377 e. The van der Waals surface area contributed by atoms with E-state index in [-0.39, 0.29) is 10.8 Å². The predicted octanol–water partition coefficient (Wildman–Crippen LogP) is 11.0. The molecule has 0 fully saturated rings. The van der Waals surface area contributed by atoms with E-state index in [4.69, 9.17) is 4.98 Å². The number of alkyl halides is 9. The minimum atomic E-state index is -7.42. The molecule has 5 aromatic carbocycles. The summed E-state index contributed by atoms with van der Waals surface area (Å²) in [5, 5.41) is -7.07. The Morgan fingerprint density at radius 1 is 0.471 bits per heavy atom. The number of rotatable bonds is 9. The molecule has 6 rings (SSSR count). The summed E-state index contributed by atoms with van der Waals surface area (Å²) in [5.74, 6) is -15.8. The third-order valence-corrected chi connectivity index (χ3v) is 9.29. The molecule has 0 saturated carbocycles. The molecule has 1 aromatic heterocycles. The molecule has 262 valence electrons. The van der Waals surface area contributed by atoms with Crippen molar-refractivity contribution in [2.75, 3.05) is 0 Å². The molecule has 1 heterocycles. The smallest absolute Gasteiger partial charge is 0.377 e. The van der Waals surface area contributed by atoms with E-state index in [9.17, 15) is 47.9 Å². The van der Waals surface area contributed by atoms with Gasteiger partial charge in [-0.05, 0) is 51.9 Å². The zero-order chi connectivity index (χ0) is 36.8. The van der Waals surface area contributed by atoms with E-state index >= 15 is 0 Å². The molecule has 0 amide bonds. The van der Waals surface area contributed by atoms with Crippen LogP contribution in [-0.4, -0.2) is 36.7 Å². The van der Waals surface area contributed by atoms with Crippen molar-refractivity contribution in [2.24, 2.45) is 0 Å². The van der Waals surface area contributed by atoms with Crippen molar-refractivity contribution in [3.63, 3.8) is 0 Å². The summed E-state index contributed by atoms with van der Waals surface area (Å²) in [6, 6.07) is 37.3. The maximum atomic E-state index is 14.4. The molecule has 0 N–H and O–H groups in total. The maximum Gasteiger partial charge on any atom is 0.460 e. The highest BCUT2D eigenvalue weighted by molar-refractivity contribution is 7.88. The van der Waals surface area contributed by atoms with E-state index in [1.54, 1.807) is 24.3 Å². The first-order valence-corrected chi connectivity index (χ1v) is 16.3. The molecule has 0 unspecified atom stereocenters. The highest BCUT2D eigenvalue weighted by Crippen LogP contribution is 2.55. The molecule has 0 aliphatic heterocycles. The van der Waals surface area contributed by atoms with E-state index < -0.39 is 39.1 Å². The zero-order valence-electron chi connectivity index (χ0n) is 25.7. The molecule has 4 nitrogen and oxygen atoms in total. The van der Waals surface area contributed by atoms with Crippen LogP contribution in [0.15, 0.2) is 133 Å². The zero-order valence-corrected chi connectivity index (χ0v) is 26.5. The molecule has 0 radical (unpaired) electrons. The Labute approximate surface area is 284 Å². The highest BCUT2D eigenvalue weighted by Gasteiger charge is 2.86. The van der Waals surface area contributed by atoms with Gasteiger partial charge in [0.25, 0.3) is 0 Å². The van der Waals surface area contributed by atoms with Crippen molar-refractivity contribution in [3.8, 4) is 50.5 Å². The van der Waals surface area contributed by atoms with E-state index in [2.05, 4.69) is 4.18 Å². The van der Waals surface area contributed by atoms with Crippen LogP contribution in [0.2, 0.25) is 0 Å². The first-order chi connectivity index (χ1) is 23.9. The Balaban J connectivity index is 1.36. The fraction of sp³-hybridized carbons (Fsp3) is 0.108. The van der Waals surface area contributed by atoms with Gasteiger partial charge in [-0.2, -0.15) is 47.9 Å². The lowest BCUT2D eigenvalue weighted by molar-refractivity contribution is -0.382. The standard InChI is InChI=1S/C37H22F9NO3S/c38-34(39,36(42,43)44)35(40,41)37(45,46)51(48,49)50-33-20-19-28(29-13-7-8-14-30(29)33)24-17-15-23(16-18-24)27-21-31(25-9-3-1-4-10-25)47-32(22-27)26-11-5-2-6-12-26/h1-22H. The Morgan fingerprint density at radius 2 is 0.941 bits per heavy atom.